The molecule has 0 saturated heterocycles. The van der Waals surface area contributed by atoms with Crippen LogP contribution in [-0.2, 0) is 13.1 Å². The molecule has 0 fully saturated rings. The maximum Gasteiger partial charge on any atom is 0.191 e. The molecule has 0 atom stereocenters. The van der Waals surface area contributed by atoms with Gasteiger partial charge in [0, 0.05) is 20.1 Å². The van der Waals surface area contributed by atoms with Crippen molar-refractivity contribution in [2.75, 3.05) is 7.05 Å². The number of nitrogens with one attached hydrogen (secondary N) is 2. The van der Waals surface area contributed by atoms with Crippen LogP contribution in [0.3, 0.4) is 0 Å². The van der Waals surface area contributed by atoms with Crippen LogP contribution in [0, 0.1) is 19.7 Å². The standard InChI is InChI=1S/C18H22FN3.HI/c1-13-4-7-16(14(2)10-13)12-22-18(20-3)21-11-15-5-8-17(19)9-6-15;/h4-10H,11-12H2,1-3H3,(H2,20,21,22);1H. The Morgan fingerprint density at radius 2 is 1.65 bits per heavy atom. The highest BCUT2D eigenvalue weighted by Gasteiger charge is 2.02. The molecule has 0 aliphatic carbocycles. The fourth-order valence-electron chi connectivity index (χ4n) is 2.23. The fourth-order valence-corrected chi connectivity index (χ4v) is 2.23. The van der Waals surface area contributed by atoms with Crippen molar-refractivity contribution in [3.63, 3.8) is 0 Å². The number of aryl methyl sites for hydroxylation is 2. The number of nitrogens with zero attached hydrogens (tertiary/aromatic N) is 1. The summed E-state index contributed by atoms with van der Waals surface area (Å²) < 4.78 is 12.9. The molecule has 0 amide bonds. The molecule has 2 aromatic rings. The maximum atomic E-state index is 12.9. The van der Waals surface area contributed by atoms with Crippen molar-refractivity contribution >= 4 is 29.9 Å². The molecule has 0 aliphatic heterocycles. The minimum atomic E-state index is -0.221. The molecule has 0 saturated carbocycles. The molecule has 0 heterocycles. The van der Waals surface area contributed by atoms with E-state index in [1.165, 1.54) is 28.8 Å². The van der Waals surface area contributed by atoms with Gasteiger partial charge in [-0.1, -0.05) is 35.9 Å². The first kappa shape index (κ1) is 19.4. The third-order valence-electron chi connectivity index (χ3n) is 3.54. The zero-order valence-corrected chi connectivity index (χ0v) is 16.0. The van der Waals surface area contributed by atoms with Crippen molar-refractivity contribution in [2.45, 2.75) is 26.9 Å². The largest absolute Gasteiger partial charge is 0.352 e. The number of rotatable bonds is 4. The van der Waals surface area contributed by atoms with Gasteiger partial charge in [0.1, 0.15) is 5.82 Å². The lowest BCUT2D eigenvalue weighted by Gasteiger charge is -2.13. The van der Waals surface area contributed by atoms with Crippen LogP contribution in [0.4, 0.5) is 4.39 Å². The van der Waals surface area contributed by atoms with E-state index in [-0.39, 0.29) is 29.8 Å². The summed E-state index contributed by atoms with van der Waals surface area (Å²) in [5, 5.41) is 6.52. The second-order valence-electron chi connectivity index (χ2n) is 5.34. The minimum absolute atomic E-state index is 0. The van der Waals surface area contributed by atoms with E-state index in [0.717, 1.165) is 18.1 Å². The fraction of sp³-hybridized carbons (Fsp3) is 0.278. The third kappa shape index (κ3) is 6.17. The quantitative estimate of drug-likeness (QED) is 0.441. The molecule has 0 bridgehead atoms. The van der Waals surface area contributed by atoms with Crippen molar-refractivity contribution in [3.05, 3.63) is 70.5 Å². The summed E-state index contributed by atoms with van der Waals surface area (Å²) in [7, 11) is 1.74. The van der Waals surface area contributed by atoms with E-state index >= 15 is 0 Å². The first-order valence-corrected chi connectivity index (χ1v) is 7.33. The van der Waals surface area contributed by atoms with Crippen molar-refractivity contribution < 1.29 is 4.39 Å². The molecule has 0 aromatic heterocycles. The highest BCUT2D eigenvalue weighted by atomic mass is 127. The van der Waals surface area contributed by atoms with Crippen molar-refractivity contribution in [2.24, 2.45) is 4.99 Å². The molecule has 2 N–H and O–H groups in total. The van der Waals surface area contributed by atoms with Crippen molar-refractivity contribution in [1.29, 1.82) is 0 Å². The number of guanidine groups is 1. The maximum absolute atomic E-state index is 12.9. The number of aliphatic imine (C=N–C) groups is 1. The Kier molecular flexibility index (Phi) is 8.02. The van der Waals surface area contributed by atoms with Crippen molar-refractivity contribution in [3.8, 4) is 0 Å². The van der Waals surface area contributed by atoms with Gasteiger partial charge in [0.25, 0.3) is 0 Å². The summed E-state index contributed by atoms with van der Waals surface area (Å²) in [4.78, 5) is 4.20. The van der Waals surface area contributed by atoms with Gasteiger partial charge >= 0.3 is 0 Å². The predicted molar refractivity (Wildman–Crippen MR) is 105 cm³/mol. The summed E-state index contributed by atoms with van der Waals surface area (Å²) in [5.41, 5.74) is 4.78. The molecular formula is C18H23FIN3. The Morgan fingerprint density at radius 3 is 2.26 bits per heavy atom. The zero-order chi connectivity index (χ0) is 15.9. The summed E-state index contributed by atoms with van der Waals surface area (Å²) >= 11 is 0. The Bertz CT molecular complexity index is 654. The molecule has 5 heteroatoms. The predicted octanol–water partition coefficient (Wildman–Crippen LogP) is 3.93. The highest BCUT2D eigenvalue weighted by molar-refractivity contribution is 14.0. The van der Waals surface area contributed by atoms with Crippen LogP contribution < -0.4 is 10.6 Å². The number of hydrogen-bond acceptors (Lipinski definition) is 1. The smallest absolute Gasteiger partial charge is 0.191 e. The monoisotopic (exact) mass is 427 g/mol. The van der Waals surface area contributed by atoms with E-state index in [1.54, 1.807) is 19.2 Å². The van der Waals surface area contributed by atoms with E-state index in [1.807, 2.05) is 0 Å². The van der Waals surface area contributed by atoms with Crippen LogP contribution >= 0.6 is 24.0 Å². The molecule has 0 radical (unpaired) electrons. The Hall–Kier alpha value is -1.63. The Balaban J connectivity index is 0.00000264. The van der Waals surface area contributed by atoms with Crippen LogP contribution in [0.2, 0.25) is 0 Å². The molecular weight excluding hydrogens is 404 g/mol. The van der Waals surface area contributed by atoms with Crippen molar-refractivity contribution in [1.82, 2.24) is 10.6 Å². The summed E-state index contributed by atoms with van der Waals surface area (Å²) in [5.74, 6) is 0.505. The Labute approximate surface area is 154 Å². The van der Waals surface area contributed by atoms with Gasteiger partial charge in [-0.15, -0.1) is 24.0 Å². The first-order chi connectivity index (χ1) is 10.6. The lowest BCUT2D eigenvalue weighted by atomic mass is 10.1. The van der Waals surface area contributed by atoms with Gasteiger partial charge in [-0.2, -0.15) is 0 Å². The van der Waals surface area contributed by atoms with Gasteiger partial charge in [-0.25, -0.2) is 4.39 Å². The number of hydrogen-bond donors (Lipinski definition) is 2. The third-order valence-corrected chi connectivity index (χ3v) is 3.54. The zero-order valence-electron chi connectivity index (χ0n) is 13.7. The van der Waals surface area contributed by atoms with Gasteiger partial charge in [-0.3, -0.25) is 4.99 Å². The first-order valence-electron chi connectivity index (χ1n) is 7.33. The summed E-state index contributed by atoms with van der Waals surface area (Å²) in [6.07, 6.45) is 0. The van der Waals surface area contributed by atoms with Crippen LogP contribution in [0.5, 0.6) is 0 Å². The second kappa shape index (κ2) is 9.50. The lowest BCUT2D eigenvalue weighted by Crippen LogP contribution is -2.36. The van der Waals surface area contributed by atoms with Crippen LogP contribution in [-0.4, -0.2) is 13.0 Å². The SMILES string of the molecule is CN=C(NCc1ccc(F)cc1)NCc1ccc(C)cc1C.I. The lowest BCUT2D eigenvalue weighted by molar-refractivity contribution is 0.626. The van der Waals surface area contributed by atoms with Crippen LogP contribution in [0.25, 0.3) is 0 Å². The van der Waals surface area contributed by atoms with Gasteiger partial charge < -0.3 is 10.6 Å². The average molecular weight is 427 g/mol. The van der Waals surface area contributed by atoms with E-state index in [9.17, 15) is 4.39 Å². The summed E-state index contributed by atoms with van der Waals surface area (Å²) in [6, 6.07) is 12.9. The minimum Gasteiger partial charge on any atom is -0.352 e. The number of benzene rings is 2. The van der Waals surface area contributed by atoms with E-state index in [0.29, 0.717) is 6.54 Å². The average Bonchev–Trinajstić information content (AvgIpc) is 2.51. The topological polar surface area (TPSA) is 36.4 Å². The highest BCUT2D eigenvalue weighted by Crippen LogP contribution is 2.10. The summed E-state index contributed by atoms with van der Waals surface area (Å²) in [6.45, 7) is 5.52. The molecule has 0 unspecified atom stereocenters. The number of halogens is 2. The van der Waals surface area contributed by atoms with Gasteiger partial charge in [-0.05, 0) is 42.7 Å². The van der Waals surface area contributed by atoms with E-state index in [2.05, 4.69) is 47.7 Å². The molecule has 2 aromatic carbocycles. The molecule has 3 nitrogen and oxygen atoms in total. The van der Waals surface area contributed by atoms with Gasteiger partial charge in [0.15, 0.2) is 5.96 Å². The van der Waals surface area contributed by atoms with Crippen LogP contribution in [0.1, 0.15) is 22.3 Å². The molecule has 0 aliphatic rings. The van der Waals surface area contributed by atoms with Gasteiger partial charge in [0.05, 0.1) is 0 Å². The van der Waals surface area contributed by atoms with E-state index in [4.69, 9.17) is 0 Å². The normalized spacial score (nSPS) is 10.9. The Morgan fingerprint density at radius 1 is 1.00 bits per heavy atom. The van der Waals surface area contributed by atoms with E-state index < -0.39 is 0 Å². The molecule has 23 heavy (non-hydrogen) atoms. The second-order valence-corrected chi connectivity index (χ2v) is 5.34. The van der Waals surface area contributed by atoms with Crippen LogP contribution in [0.15, 0.2) is 47.5 Å². The molecule has 0 spiro atoms. The molecule has 124 valence electrons. The molecule has 2 rings (SSSR count). The van der Waals surface area contributed by atoms with Gasteiger partial charge in [0.2, 0.25) is 0 Å².